The summed E-state index contributed by atoms with van der Waals surface area (Å²) < 4.78 is 33.2. The first kappa shape index (κ1) is 16.0. The Morgan fingerprint density at radius 1 is 1.20 bits per heavy atom. The Morgan fingerprint density at radius 2 is 2.00 bits per heavy atom. The molecular formula is C18H18N2O4S. The third-order valence-corrected chi connectivity index (χ3v) is 6.35. The van der Waals surface area contributed by atoms with E-state index in [1.165, 1.54) is 16.4 Å². The number of fused-ring (bicyclic) bond motifs is 2. The number of hydrogen-bond donors (Lipinski definition) is 1. The first-order valence-corrected chi connectivity index (χ1v) is 9.63. The number of ether oxygens (including phenoxy) is 1. The van der Waals surface area contributed by atoms with E-state index in [0.29, 0.717) is 18.0 Å². The van der Waals surface area contributed by atoms with Crippen molar-refractivity contribution >= 4 is 27.3 Å². The lowest BCUT2D eigenvalue weighted by atomic mass is 10.0. The number of benzene rings is 2. The van der Waals surface area contributed by atoms with Gasteiger partial charge in [0.25, 0.3) is 15.9 Å². The summed E-state index contributed by atoms with van der Waals surface area (Å²) in [6.07, 6.45) is 1.05. The molecular weight excluding hydrogens is 340 g/mol. The molecule has 2 aliphatic heterocycles. The number of amides is 1. The fourth-order valence-electron chi connectivity index (χ4n) is 3.22. The summed E-state index contributed by atoms with van der Waals surface area (Å²) in [5.74, 6) is 0.190. The van der Waals surface area contributed by atoms with E-state index in [9.17, 15) is 13.2 Å². The molecule has 7 heteroatoms. The number of carbonyl (C=O) groups excluding carboxylic acids is 1. The van der Waals surface area contributed by atoms with Gasteiger partial charge < -0.3 is 10.1 Å². The monoisotopic (exact) mass is 358 g/mol. The first-order chi connectivity index (χ1) is 12.0. The van der Waals surface area contributed by atoms with Crippen LogP contribution in [0.25, 0.3) is 0 Å². The second-order valence-electron chi connectivity index (χ2n) is 6.22. The maximum atomic E-state index is 13.2. The molecule has 2 aromatic rings. The molecule has 25 heavy (non-hydrogen) atoms. The van der Waals surface area contributed by atoms with E-state index in [-0.39, 0.29) is 10.8 Å². The van der Waals surface area contributed by atoms with E-state index in [4.69, 9.17) is 4.74 Å². The third-order valence-electron chi connectivity index (χ3n) is 4.54. The van der Waals surface area contributed by atoms with Crippen molar-refractivity contribution in [2.24, 2.45) is 0 Å². The van der Waals surface area contributed by atoms with Crippen LogP contribution in [0.3, 0.4) is 0 Å². The molecule has 130 valence electrons. The summed E-state index contributed by atoms with van der Waals surface area (Å²) in [4.78, 5) is 11.9. The fraction of sp³-hybridized carbons (Fsp3) is 0.278. The van der Waals surface area contributed by atoms with Crippen LogP contribution >= 0.6 is 0 Å². The van der Waals surface area contributed by atoms with Crippen LogP contribution in [0.5, 0.6) is 5.75 Å². The molecule has 0 bridgehead atoms. The number of nitrogens with zero attached hydrogens (tertiary/aromatic N) is 1. The van der Waals surface area contributed by atoms with E-state index in [1.54, 1.807) is 13.0 Å². The molecule has 1 unspecified atom stereocenters. The number of anilines is 2. The van der Waals surface area contributed by atoms with E-state index >= 15 is 0 Å². The number of sulfonamides is 1. The lowest BCUT2D eigenvalue weighted by Gasteiger charge is -2.31. The average molecular weight is 358 g/mol. The van der Waals surface area contributed by atoms with Gasteiger partial charge >= 0.3 is 0 Å². The first-order valence-electron chi connectivity index (χ1n) is 8.19. The summed E-state index contributed by atoms with van der Waals surface area (Å²) in [6, 6.07) is 12.1. The largest absolute Gasteiger partial charge is 0.479 e. The highest BCUT2D eigenvalue weighted by molar-refractivity contribution is 7.92. The zero-order valence-corrected chi connectivity index (χ0v) is 14.5. The second kappa shape index (κ2) is 5.77. The van der Waals surface area contributed by atoms with Crippen molar-refractivity contribution in [1.29, 1.82) is 0 Å². The molecule has 1 N–H and O–H groups in total. The van der Waals surface area contributed by atoms with Crippen molar-refractivity contribution in [1.82, 2.24) is 0 Å². The van der Waals surface area contributed by atoms with Gasteiger partial charge in [-0.15, -0.1) is 0 Å². The van der Waals surface area contributed by atoms with E-state index in [2.05, 4.69) is 5.32 Å². The lowest BCUT2D eigenvalue weighted by Crippen LogP contribution is -2.36. The number of hydrogen-bond acceptors (Lipinski definition) is 4. The van der Waals surface area contributed by atoms with Crippen LogP contribution in [0, 0.1) is 0 Å². The van der Waals surface area contributed by atoms with Gasteiger partial charge in [0.1, 0.15) is 5.75 Å². The number of rotatable bonds is 2. The Morgan fingerprint density at radius 3 is 2.84 bits per heavy atom. The van der Waals surface area contributed by atoms with Crippen molar-refractivity contribution in [3.05, 3.63) is 48.0 Å². The van der Waals surface area contributed by atoms with E-state index in [0.717, 1.165) is 24.1 Å². The van der Waals surface area contributed by atoms with Gasteiger partial charge in [0.15, 0.2) is 6.10 Å². The molecule has 0 aromatic heterocycles. The van der Waals surface area contributed by atoms with Gasteiger partial charge in [-0.3, -0.25) is 9.10 Å². The molecule has 0 aliphatic carbocycles. The predicted octanol–water partition coefficient (Wildman–Crippen LogP) is 2.55. The van der Waals surface area contributed by atoms with Gasteiger partial charge in [0.05, 0.1) is 16.3 Å². The maximum Gasteiger partial charge on any atom is 0.265 e. The SMILES string of the molecule is CC1Oc2ccc(S(=O)(=O)N3CCCc4ccccc43)cc2NC1=O. The van der Waals surface area contributed by atoms with Crippen LogP contribution in [0.1, 0.15) is 18.9 Å². The molecule has 1 amide bonds. The van der Waals surface area contributed by atoms with Crippen LogP contribution in [0.15, 0.2) is 47.4 Å². The molecule has 2 heterocycles. The average Bonchev–Trinajstić information content (AvgIpc) is 2.61. The van der Waals surface area contributed by atoms with Crippen molar-refractivity contribution in [3.8, 4) is 5.75 Å². The normalized spacial score (nSPS) is 19.5. The predicted molar refractivity (Wildman–Crippen MR) is 94.5 cm³/mol. The minimum Gasteiger partial charge on any atom is -0.479 e. The topological polar surface area (TPSA) is 75.7 Å². The summed E-state index contributed by atoms with van der Waals surface area (Å²) >= 11 is 0. The van der Waals surface area contributed by atoms with Gasteiger partial charge in [0, 0.05) is 6.54 Å². The summed E-state index contributed by atoms with van der Waals surface area (Å²) in [6.45, 7) is 2.09. The quantitative estimate of drug-likeness (QED) is 0.895. The molecule has 0 saturated carbocycles. The molecule has 2 aliphatic rings. The fourth-order valence-corrected chi connectivity index (χ4v) is 4.79. The van der Waals surface area contributed by atoms with Crippen molar-refractivity contribution < 1.29 is 17.9 Å². The van der Waals surface area contributed by atoms with E-state index < -0.39 is 16.1 Å². The standard InChI is InChI=1S/C18H18N2O4S/c1-12-18(21)19-15-11-14(8-9-17(15)24-12)25(22,23)20-10-4-6-13-5-2-3-7-16(13)20/h2-3,5,7-9,11-12H,4,6,10H2,1H3,(H,19,21). The Kier molecular flexibility index (Phi) is 3.68. The van der Waals surface area contributed by atoms with Crippen LogP contribution < -0.4 is 14.4 Å². The van der Waals surface area contributed by atoms with Gasteiger partial charge in [-0.25, -0.2) is 8.42 Å². The molecule has 0 fully saturated rings. The number of nitrogens with one attached hydrogen (secondary N) is 1. The van der Waals surface area contributed by atoms with Gasteiger partial charge in [-0.2, -0.15) is 0 Å². The minimum absolute atomic E-state index is 0.140. The zero-order valence-electron chi connectivity index (χ0n) is 13.7. The van der Waals surface area contributed by atoms with Crippen LogP contribution in [0.2, 0.25) is 0 Å². The summed E-state index contributed by atoms with van der Waals surface area (Å²) in [5.41, 5.74) is 2.13. The van der Waals surface area contributed by atoms with Gasteiger partial charge in [0.2, 0.25) is 0 Å². The van der Waals surface area contributed by atoms with Crippen molar-refractivity contribution in [2.45, 2.75) is 30.8 Å². The van der Waals surface area contributed by atoms with Gasteiger partial charge in [-0.1, -0.05) is 18.2 Å². The highest BCUT2D eigenvalue weighted by Crippen LogP contribution is 2.36. The van der Waals surface area contributed by atoms with Crippen molar-refractivity contribution in [3.63, 3.8) is 0 Å². The van der Waals surface area contributed by atoms with Crippen molar-refractivity contribution in [2.75, 3.05) is 16.2 Å². The molecule has 4 rings (SSSR count). The maximum absolute atomic E-state index is 13.2. The molecule has 0 radical (unpaired) electrons. The molecule has 2 aromatic carbocycles. The Labute approximate surface area is 146 Å². The van der Waals surface area contributed by atoms with Crippen LogP contribution in [-0.4, -0.2) is 27.0 Å². The molecule has 1 atom stereocenters. The lowest BCUT2D eigenvalue weighted by molar-refractivity contribution is -0.122. The number of aryl methyl sites for hydroxylation is 1. The van der Waals surface area contributed by atoms with Crippen LogP contribution in [-0.2, 0) is 21.2 Å². The third kappa shape index (κ3) is 2.64. The Bertz CT molecular complexity index is 955. The van der Waals surface area contributed by atoms with Gasteiger partial charge in [-0.05, 0) is 49.6 Å². The zero-order chi connectivity index (χ0) is 17.6. The molecule has 0 spiro atoms. The Hall–Kier alpha value is -2.54. The van der Waals surface area contributed by atoms with E-state index in [1.807, 2.05) is 24.3 Å². The number of para-hydroxylation sites is 1. The molecule has 6 nitrogen and oxygen atoms in total. The summed E-state index contributed by atoms with van der Waals surface area (Å²) in [5, 5.41) is 2.70. The minimum atomic E-state index is -3.71. The highest BCUT2D eigenvalue weighted by Gasteiger charge is 2.31. The second-order valence-corrected chi connectivity index (χ2v) is 8.08. The summed E-state index contributed by atoms with van der Waals surface area (Å²) in [7, 11) is -3.71. The highest BCUT2D eigenvalue weighted by atomic mass is 32.2. The number of carbonyl (C=O) groups is 1. The van der Waals surface area contributed by atoms with Crippen LogP contribution in [0.4, 0.5) is 11.4 Å². The molecule has 0 saturated heterocycles. The Balaban J connectivity index is 1.75. The smallest absolute Gasteiger partial charge is 0.265 e.